The van der Waals surface area contributed by atoms with Crippen LogP contribution < -0.4 is 4.90 Å². The summed E-state index contributed by atoms with van der Waals surface area (Å²) in [5.74, 6) is 0. The molecular formula is C14H21N2+. The van der Waals surface area contributed by atoms with Crippen LogP contribution >= 0.6 is 0 Å². The standard InChI is InChI=1S/C14H21N2/c1-2-6-14(7-3-1)15-8-12-16(13-9-15)10-4-5-11-16/h1-3,6-7H,4-5,8-13H2/q+1. The molecule has 2 nitrogen and oxygen atoms in total. The Morgan fingerprint density at radius 1 is 0.812 bits per heavy atom. The molecule has 0 aliphatic carbocycles. The van der Waals surface area contributed by atoms with Gasteiger partial charge in [-0.15, -0.1) is 0 Å². The van der Waals surface area contributed by atoms with Gasteiger partial charge < -0.3 is 9.38 Å². The number of hydrogen-bond donors (Lipinski definition) is 0. The van der Waals surface area contributed by atoms with Gasteiger partial charge in [-0.25, -0.2) is 0 Å². The first-order valence-electron chi connectivity index (χ1n) is 6.53. The number of anilines is 1. The number of hydrogen-bond acceptors (Lipinski definition) is 1. The summed E-state index contributed by atoms with van der Waals surface area (Å²) < 4.78 is 1.41. The van der Waals surface area contributed by atoms with Crippen LogP contribution in [0, 0.1) is 0 Å². The van der Waals surface area contributed by atoms with E-state index >= 15 is 0 Å². The van der Waals surface area contributed by atoms with Crippen molar-refractivity contribution in [2.45, 2.75) is 12.8 Å². The highest BCUT2D eigenvalue weighted by Crippen LogP contribution is 2.24. The number of benzene rings is 1. The highest BCUT2D eigenvalue weighted by atomic mass is 15.4. The van der Waals surface area contributed by atoms with Gasteiger partial charge in [0.05, 0.1) is 39.3 Å². The molecule has 0 aromatic heterocycles. The van der Waals surface area contributed by atoms with E-state index in [9.17, 15) is 0 Å². The minimum absolute atomic E-state index is 1.24. The first kappa shape index (κ1) is 10.2. The smallest absolute Gasteiger partial charge is 0.0965 e. The Bertz CT molecular complexity index is 331. The Morgan fingerprint density at radius 2 is 1.44 bits per heavy atom. The number of nitrogens with zero attached hydrogens (tertiary/aromatic N) is 2. The second-order valence-corrected chi connectivity index (χ2v) is 5.27. The van der Waals surface area contributed by atoms with Crippen LogP contribution in [-0.2, 0) is 0 Å². The van der Waals surface area contributed by atoms with Crippen molar-refractivity contribution in [3.63, 3.8) is 0 Å². The van der Waals surface area contributed by atoms with Gasteiger partial charge in [-0.2, -0.15) is 0 Å². The van der Waals surface area contributed by atoms with E-state index in [1.807, 2.05) is 0 Å². The zero-order valence-electron chi connectivity index (χ0n) is 9.94. The van der Waals surface area contributed by atoms with Crippen LogP contribution in [0.4, 0.5) is 5.69 Å². The fraction of sp³-hybridized carbons (Fsp3) is 0.571. The van der Waals surface area contributed by atoms with Gasteiger partial charge in [-0.1, -0.05) is 18.2 Å². The summed E-state index contributed by atoms with van der Waals surface area (Å²) in [7, 11) is 0. The van der Waals surface area contributed by atoms with Crippen LogP contribution in [0.1, 0.15) is 12.8 Å². The zero-order chi connectivity index (χ0) is 10.8. The number of piperazine rings is 1. The van der Waals surface area contributed by atoms with Crippen molar-refractivity contribution in [3.05, 3.63) is 30.3 Å². The maximum atomic E-state index is 2.54. The fourth-order valence-corrected chi connectivity index (χ4v) is 3.24. The highest BCUT2D eigenvalue weighted by molar-refractivity contribution is 5.46. The predicted molar refractivity (Wildman–Crippen MR) is 67.6 cm³/mol. The molecule has 2 fully saturated rings. The van der Waals surface area contributed by atoms with Gasteiger partial charge in [0.25, 0.3) is 0 Å². The van der Waals surface area contributed by atoms with Gasteiger partial charge >= 0.3 is 0 Å². The molecule has 0 atom stereocenters. The average Bonchev–Trinajstić information content (AvgIpc) is 2.80. The number of para-hydroxylation sites is 1. The summed E-state index contributed by atoms with van der Waals surface area (Å²) in [6.45, 7) is 8.06. The molecule has 2 heterocycles. The minimum Gasteiger partial charge on any atom is -0.360 e. The lowest BCUT2D eigenvalue weighted by atomic mass is 10.2. The van der Waals surface area contributed by atoms with Gasteiger partial charge in [0.15, 0.2) is 0 Å². The summed E-state index contributed by atoms with van der Waals surface area (Å²) in [5.41, 5.74) is 1.40. The molecule has 2 saturated heterocycles. The lowest BCUT2D eigenvalue weighted by Crippen LogP contribution is -2.58. The molecule has 1 spiro atoms. The molecule has 2 aliphatic rings. The third kappa shape index (κ3) is 1.82. The molecule has 0 bridgehead atoms. The van der Waals surface area contributed by atoms with Crippen LogP contribution in [0.15, 0.2) is 30.3 Å². The molecule has 0 N–H and O–H groups in total. The summed E-state index contributed by atoms with van der Waals surface area (Å²) in [6, 6.07) is 10.9. The van der Waals surface area contributed by atoms with Crippen LogP contribution in [0.2, 0.25) is 0 Å². The highest BCUT2D eigenvalue weighted by Gasteiger charge is 2.35. The van der Waals surface area contributed by atoms with Crippen molar-refractivity contribution in [1.82, 2.24) is 0 Å². The third-order valence-electron chi connectivity index (χ3n) is 4.32. The Labute approximate surface area is 98.1 Å². The van der Waals surface area contributed by atoms with E-state index in [1.54, 1.807) is 0 Å². The molecule has 0 amide bonds. The van der Waals surface area contributed by atoms with Crippen molar-refractivity contribution in [3.8, 4) is 0 Å². The topological polar surface area (TPSA) is 3.24 Å². The molecule has 16 heavy (non-hydrogen) atoms. The quantitative estimate of drug-likeness (QED) is 0.651. The molecule has 2 aliphatic heterocycles. The summed E-state index contributed by atoms with van der Waals surface area (Å²) in [4.78, 5) is 2.54. The minimum atomic E-state index is 1.24. The van der Waals surface area contributed by atoms with Crippen molar-refractivity contribution >= 4 is 5.69 Å². The van der Waals surface area contributed by atoms with Crippen molar-refractivity contribution in [2.75, 3.05) is 44.2 Å². The zero-order valence-corrected chi connectivity index (χ0v) is 9.94. The maximum Gasteiger partial charge on any atom is 0.0965 e. The maximum absolute atomic E-state index is 2.54. The van der Waals surface area contributed by atoms with Crippen LogP contribution in [0.25, 0.3) is 0 Å². The molecule has 0 unspecified atom stereocenters. The Balaban J connectivity index is 1.66. The van der Waals surface area contributed by atoms with Crippen molar-refractivity contribution < 1.29 is 4.48 Å². The SMILES string of the molecule is c1ccc(N2CC[N+]3(CCCC3)CC2)cc1. The second-order valence-electron chi connectivity index (χ2n) is 5.27. The largest absolute Gasteiger partial charge is 0.360 e. The van der Waals surface area contributed by atoms with E-state index in [0.29, 0.717) is 0 Å². The second kappa shape index (κ2) is 4.10. The van der Waals surface area contributed by atoms with Gasteiger partial charge in [-0.05, 0) is 12.1 Å². The van der Waals surface area contributed by atoms with E-state index in [1.165, 1.54) is 62.3 Å². The molecule has 1 aromatic carbocycles. The molecule has 3 rings (SSSR count). The Hall–Kier alpha value is -1.02. The summed E-state index contributed by atoms with van der Waals surface area (Å²) in [5, 5.41) is 0. The van der Waals surface area contributed by atoms with Gasteiger partial charge in [0, 0.05) is 18.5 Å². The molecule has 86 valence electrons. The summed E-state index contributed by atoms with van der Waals surface area (Å²) >= 11 is 0. The Morgan fingerprint density at radius 3 is 2.06 bits per heavy atom. The fourth-order valence-electron chi connectivity index (χ4n) is 3.24. The van der Waals surface area contributed by atoms with E-state index < -0.39 is 0 Å². The third-order valence-corrected chi connectivity index (χ3v) is 4.32. The number of rotatable bonds is 1. The predicted octanol–water partition coefficient (Wildman–Crippen LogP) is 2.12. The normalized spacial score (nSPS) is 23.9. The lowest BCUT2D eigenvalue weighted by Gasteiger charge is -2.42. The first-order chi connectivity index (χ1) is 7.88. The van der Waals surface area contributed by atoms with Crippen LogP contribution in [0.5, 0.6) is 0 Å². The summed E-state index contributed by atoms with van der Waals surface area (Å²) in [6.07, 6.45) is 2.90. The van der Waals surface area contributed by atoms with Crippen LogP contribution in [-0.4, -0.2) is 43.8 Å². The Kier molecular flexibility index (Phi) is 2.60. The molecule has 1 aromatic rings. The average molecular weight is 217 g/mol. The van der Waals surface area contributed by atoms with Gasteiger partial charge in [0.1, 0.15) is 0 Å². The molecule has 0 radical (unpaired) electrons. The molecule has 2 heteroatoms. The van der Waals surface area contributed by atoms with Crippen molar-refractivity contribution in [1.29, 1.82) is 0 Å². The molecule has 0 saturated carbocycles. The number of quaternary nitrogens is 1. The van der Waals surface area contributed by atoms with E-state index in [0.717, 1.165) is 0 Å². The van der Waals surface area contributed by atoms with E-state index in [-0.39, 0.29) is 0 Å². The van der Waals surface area contributed by atoms with Gasteiger partial charge in [0.2, 0.25) is 0 Å². The molecular weight excluding hydrogens is 196 g/mol. The van der Waals surface area contributed by atoms with Crippen LogP contribution in [0.3, 0.4) is 0 Å². The van der Waals surface area contributed by atoms with E-state index in [4.69, 9.17) is 0 Å². The van der Waals surface area contributed by atoms with Crippen molar-refractivity contribution in [2.24, 2.45) is 0 Å². The van der Waals surface area contributed by atoms with Gasteiger partial charge in [-0.3, -0.25) is 0 Å². The monoisotopic (exact) mass is 217 g/mol. The first-order valence-corrected chi connectivity index (χ1v) is 6.53. The van der Waals surface area contributed by atoms with E-state index in [2.05, 4.69) is 35.2 Å². The lowest BCUT2D eigenvalue weighted by molar-refractivity contribution is -0.917.